The number of ether oxygens (including phenoxy) is 1. The van der Waals surface area contributed by atoms with Crippen molar-refractivity contribution in [3.63, 3.8) is 0 Å². The molecule has 1 aliphatic rings. The summed E-state index contributed by atoms with van der Waals surface area (Å²) in [6, 6.07) is 21.9. The van der Waals surface area contributed by atoms with Crippen LogP contribution in [0.4, 0.5) is 5.69 Å². The fourth-order valence-electron chi connectivity index (χ4n) is 4.86. The van der Waals surface area contributed by atoms with Gasteiger partial charge in [-0.05, 0) is 68.1 Å². The molecule has 1 unspecified atom stereocenters. The van der Waals surface area contributed by atoms with Crippen LogP contribution in [0, 0.1) is 13.8 Å². The molecule has 1 aliphatic heterocycles. The summed E-state index contributed by atoms with van der Waals surface area (Å²) < 4.78 is 8.35. The van der Waals surface area contributed by atoms with Crippen LogP contribution in [0.15, 0.2) is 66.7 Å². The van der Waals surface area contributed by atoms with E-state index in [9.17, 15) is 4.79 Å². The molecule has 0 radical (unpaired) electrons. The molecule has 1 fully saturated rings. The van der Waals surface area contributed by atoms with Gasteiger partial charge in [0.05, 0.1) is 28.4 Å². The largest absolute Gasteiger partial charge is 0.493 e. The molecule has 0 bridgehead atoms. The number of amides is 1. The molecular formula is C29H30ClN3O2. The lowest BCUT2D eigenvalue weighted by molar-refractivity contribution is -0.117. The predicted molar refractivity (Wildman–Crippen MR) is 142 cm³/mol. The molecule has 1 aromatic heterocycles. The van der Waals surface area contributed by atoms with E-state index in [4.69, 9.17) is 21.3 Å². The van der Waals surface area contributed by atoms with Crippen molar-refractivity contribution in [1.82, 2.24) is 9.55 Å². The first kappa shape index (κ1) is 23.4. The summed E-state index contributed by atoms with van der Waals surface area (Å²) in [7, 11) is 0. The molecule has 180 valence electrons. The van der Waals surface area contributed by atoms with E-state index in [2.05, 4.69) is 30.5 Å². The lowest BCUT2D eigenvalue weighted by atomic mass is 10.1. The smallest absolute Gasteiger partial charge is 0.227 e. The lowest BCUT2D eigenvalue weighted by Gasteiger charge is -2.18. The van der Waals surface area contributed by atoms with E-state index in [1.54, 1.807) is 4.90 Å². The first-order chi connectivity index (χ1) is 17.0. The van der Waals surface area contributed by atoms with E-state index in [0.29, 0.717) is 24.6 Å². The van der Waals surface area contributed by atoms with Gasteiger partial charge in [0.15, 0.2) is 0 Å². The number of imidazole rings is 1. The van der Waals surface area contributed by atoms with Crippen molar-refractivity contribution in [2.75, 3.05) is 18.1 Å². The fraction of sp³-hybridized carbons (Fsp3) is 0.310. The van der Waals surface area contributed by atoms with Crippen LogP contribution in [0.25, 0.3) is 11.0 Å². The third kappa shape index (κ3) is 4.78. The van der Waals surface area contributed by atoms with Crippen molar-refractivity contribution in [2.24, 2.45) is 0 Å². The van der Waals surface area contributed by atoms with Crippen molar-refractivity contribution in [3.8, 4) is 5.75 Å². The Balaban J connectivity index is 1.30. The molecule has 5 nitrogen and oxygen atoms in total. The molecule has 35 heavy (non-hydrogen) atoms. The van der Waals surface area contributed by atoms with Gasteiger partial charge in [0.1, 0.15) is 11.6 Å². The summed E-state index contributed by atoms with van der Waals surface area (Å²) >= 11 is 6.39. The van der Waals surface area contributed by atoms with E-state index in [1.165, 1.54) is 11.1 Å². The number of carbonyl (C=O) groups excluding carboxylic acids is 1. The molecule has 3 aromatic carbocycles. The van der Waals surface area contributed by atoms with Crippen molar-refractivity contribution in [2.45, 2.75) is 45.6 Å². The van der Waals surface area contributed by atoms with Crippen LogP contribution < -0.4 is 9.64 Å². The summed E-state index contributed by atoms with van der Waals surface area (Å²) in [5.41, 5.74) is 5.30. The number of hydrogen-bond donors (Lipinski definition) is 0. The third-order valence-electron chi connectivity index (χ3n) is 6.91. The second-order valence-corrected chi connectivity index (χ2v) is 9.63. The zero-order valence-corrected chi connectivity index (χ0v) is 21.0. The van der Waals surface area contributed by atoms with Crippen LogP contribution in [0.2, 0.25) is 5.02 Å². The van der Waals surface area contributed by atoms with Crippen LogP contribution >= 0.6 is 11.6 Å². The normalized spacial score (nSPS) is 15.8. The minimum atomic E-state index is 0.0253. The summed E-state index contributed by atoms with van der Waals surface area (Å²) in [5.74, 6) is 2.05. The lowest BCUT2D eigenvalue weighted by Crippen LogP contribution is -2.24. The first-order valence-corrected chi connectivity index (χ1v) is 12.6. The quantitative estimate of drug-likeness (QED) is 0.260. The average molecular weight is 488 g/mol. The number of fused-ring (bicyclic) bond motifs is 1. The van der Waals surface area contributed by atoms with Gasteiger partial charge in [-0.15, -0.1) is 0 Å². The highest BCUT2D eigenvalue weighted by Crippen LogP contribution is 2.36. The number of unbranched alkanes of at least 4 members (excludes halogenated alkanes) is 1. The van der Waals surface area contributed by atoms with E-state index in [1.807, 2.05) is 54.6 Å². The molecule has 0 spiro atoms. The predicted octanol–water partition coefficient (Wildman–Crippen LogP) is 6.69. The van der Waals surface area contributed by atoms with Gasteiger partial charge in [-0.25, -0.2) is 4.98 Å². The Morgan fingerprint density at radius 1 is 1.00 bits per heavy atom. The van der Waals surface area contributed by atoms with Crippen LogP contribution in [-0.2, 0) is 11.3 Å². The monoisotopic (exact) mass is 487 g/mol. The Labute approximate surface area is 211 Å². The molecule has 1 atom stereocenters. The van der Waals surface area contributed by atoms with Crippen LogP contribution in [0.5, 0.6) is 5.75 Å². The van der Waals surface area contributed by atoms with Gasteiger partial charge in [-0.2, -0.15) is 0 Å². The number of aryl methyl sites for hydroxylation is 2. The maximum Gasteiger partial charge on any atom is 0.227 e. The average Bonchev–Trinajstić information content (AvgIpc) is 3.42. The summed E-state index contributed by atoms with van der Waals surface area (Å²) in [4.78, 5) is 19.7. The number of halogens is 1. The molecule has 0 N–H and O–H groups in total. The fourth-order valence-corrected chi connectivity index (χ4v) is 5.10. The standard InChI is InChI=1S/C29H30ClN3O2/c1-20-10-9-15-27(21(20)2)35-17-8-7-16-32-26-14-6-4-12-24(26)31-29(32)22-18-28(34)33(19-22)25-13-5-3-11-23(25)30/h3-6,9-15,22H,7-8,16-19H2,1-2H3. The molecule has 0 aliphatic carbocycles. The number of carbonyl (C=O) groups is 1. The number of anilines is 1. The number of nitrogens with zero attached hydrogens (tertiary/aromatic N) is 3. The first-order valence-electron chi connectivity index (χ1n) is 12.2. The highest BCUT2D eigenvalue weighted by molar-refractivity contribution is 6.33. The summed E-state index contributed by atoms with van der Waals surface area (Å²) in [5, 5.41) is 0.596. The van der Waals surface area contributed by atoms with Crippen LogP contribution in [-0.4, -0.2) is 28.6 Å². The second-order valence-electron chi connectivity index (χ2n) is 9.22. The topological polar surface area (TPSA) is 47.4 Å². The minimum Gasteiger partial charge on any atom is -0.493 e. The van der Waals surface area contributed by atoms with Crippen LogP contribution in [0.3, 0.4) is 0 Å². The maximum absolute atomic E-state index is 12.9. The Morgan fingerprint density at radius 3 is 2.66 bits per heavy atom. The Morgan fingerprint density at radius 2 is 1.80 bits per heavy atom. The summed E-state index contributed by atoms with van der Waals surface area (Å²) in [6.45, 7) is 6.30. The van der Waals surface area contributed by atoms with Gasteiger partial charge >= 0.3 is 0 Å². The zero-order valence-electron chi connectivity index (χ0n) is 20.2. The van der Waals surface area contributed by atoms with Crippen molar-refractivity contribution < 1.29 is 9.53 Å². The molecule has 4 aromatic rings. The van der Waals surface area contributed by atoms with Gasteiger partial charge < -0.3 is 14.2 Å². The second kappa shape index (κ2) is 10.1. The van der Waals surface area contributed by atoms with Gasteiger partial charge in [0.2, 0.25) is 5.91 Å². The summed E-state index contributed by atoms with van der Waals surface area (Å²) in [6.07, 6.45) is 2.34. The molecule has 5 rings (SSSR count). The SMILES string of the molecule is Cc1cccc(OCCCCn2c(C3CC(=O)N(c4ccccc4Cl)C3)nc3ccccc32)c1C. The molecular weight excluding hydrogens is 458 g/mol. The zero-order chi connectivity index (χ0) is 24.4. The Bertz CT molecular complexity index is 1360. The van der Waals surface area contributed by atoms with E-state index in [-0.39, 0.29) is 11.8 Å². The molecule has 6 heteroatoms. The van der Waals surface area contributed by atoms with Crippen LogP contribution in [0.1, 0.15) is 42.1 Å². The minimum absolute atomic E-state index is 0.0253. The Hall–Kier alpha value is -3.31. The number of hydrogen-bond acceptors (Lipinski definition) is 3. The number of rotatable bonds is 8. The molecule has 1 saturated heterocycles. The van der Waals surface area contributed by atoms with Crippen molar-refractivity contribution in [1.29, 1.82) is 0 Å². The van der Waals surface area contributed by atoms with Gasteiger partial charge in [-0.3, -0.25) is 4.79 Å². The number of aromatic nitrogens is 2. The highest BCUT2D eigenvalue weighted by atomic mass is 35.5. The highest BCUT2D eigenvalue weighted by Gasteiger charge is 2.35. The maximum atomic E-state index is 12.9. The van der Waals surface area contributed by atoms with Gasteiger partial charge in [-0.1, -0.05) is 48.0 Å². The third-order valence-corrected chi connectivity index (χ3v) is 7.23. The van der Waals surface area contributed by atoms with Crippen molar-refractivity contribution >= 4 is 34.2 Å². The molecule has 1 amide bonds. The Kier molecular flexibility index (Phi) is 6.78. The molecule has 2 heterocycles. The number of benzene rings is 3. The van der Waals surface area contributed by atoms with Gasteiger partial charge in [0, 0.05) is 25.4 Å². The molecule has 0 saturated carbocycles. The van der Waals surface area contributed by atoms with E-state index in [0.717, 1.165) is 47.7 Å². The van der Waals surface area contributed by atoms with E-state index >= 15 is 0 Å². The number of para-hydroxylation sites is 3. The van der Waals surface area contributed by atoms with Gasteiger partial charge in [0.25, 0.3) is 0 Å². The van der Waals surface area contributed by atoms with Crippen molar-refractivity contribution in [3.05, 3.63) is 88.7 Å². The van der Waals surface area contributed by atoms with E-state index < -0.39 is 0 Å².